The molecule has 2 N–H and O–H groups in total. The molecule has 3 heteroatoms. The minimum absolute atomic E-state index is 0.0690. The monoisotopic (exact) mass is 305 g/mol. The topological polar surface area (TPSA) is 35.2 Å². The zero-order valence-corrected chi connectivity index (χ0v) is 11.9. The number of nitrogens with two attached hydrogens (primary N) is 1. The third kappa shape index (κ3) is 3.12. The molecule has 18 heavy (non-hydrogen) atoms. The molecule has 2 aromatic carbocycles. The number of rotatable bonds is 4. The summed E-state index contributed by atoms with van der Waals surface area (Å²) in [4.78, 5) is 0. The largest absolute Gasteiger partial charge is 0.398 e. The minimum atomic E-state index is 0.0690. The van der Waals surface area contributed by atoms with Crippen LogP contribution in [0.15, 0.2) is 53.0 Å². The number of halogens is 1. The quantitative estimate of drug-likeness (QED) is 0.854. The number of benzene rings is 2. The van der Waals surface area contributed by atoms with Crippen LogP contribution in [0.3, 0.4) is 0 Å². The smallest absolute Gasteiger partial charge is 0.0801 e. The molecule has 0 fully saturated rings. The first kappa shape index (κ1) is 13.1. The first-order valence-electron chi connectivity index (χ1n) is 5.88. The number of ether oxygens (including phenoxy) is 1. The Morgan fingerprint density at radius 3 is 2.56 bits per heavy atom. The first-order chi connectivity index (χ1) is 8.68. The van der Waals surface area contributed by atoms with Gasteiger partial charge >= 0.3 is 0 Å². The van der Waals surface area contributed by atoms with E-state index in [1.165, 1.54) is 5.56 Å². The van der Waals surface area contributed by atoms with Crippen LogP contribution in [0.1, 0.15) is 24.2 Å². The van der Waals surface area contributed by atoms with Crippen molar-refractivity contribution in [3.05, 3.63) is 64.1 Å². The van der Waals surface area contributed by atoms with E-state index in [1.54, 1.807) is 0 Å². The van der Waals surface area contributed by atoms with E-state index in [1.807, 2.05) is 36.4 Å². The van der Waals surface area contributed by atoms with E-state index in [4.69, 9.17) is 10.5 Å². The number of hydrogen-bond acceptors (Lipinski definition) is 2. The van der Waals surface area contributed by atoms with Gasteiger partial charge in [0.25, 0.3) is 0 Å². The number of anilines is 1. The van der Waals surface area contributed by atoms with Crippen molar-refractivity contribution in [2.45, 2.75) is 19.6 Å². The van der Waals surface area contributed by atoms with E-state index >= 15 is 0 Å². The Morgan fingerprint density at radius 1 is 1.11 bits per heavy atom. The molecule has 0 aliphatic carbocycles. The Labute approximate surface area is 116 Å². The van der Waals surface area contributed by atoms with E-state index in [9.17, 15) is 0 Å². The van der Waals surface area contributed by atoms with Gasteiger partial charge in [0.1, 0.15) is 0 Å². The van der Waals surface area contributed by atoms with E-state index in [-0.39, 0.29) is 6.10 Å². The zero-order valence-electron chi connectivity index (χ0n) is 10.3. The molecule has 1 unspecified atom stereocenters. The van der Waals surface area contributed by atoms with Crippen LogP contribution in [-0.2, 0) is 11.3 Å². The van der Waals surface area contributed by atoms with Gasteiger partial charge in [0.15, 0.2) is 0 Å². The number of hydrogen-bond donors (Lipinski definition) is 1. The molecule has 0 aromatic heterocycles. The summed E-state index contributed by atoms with van der Waals surface area (Å²) in [5.74, 6) is 0. The van der Waals surface area contributed by atoms with Crippen molar-refractivity contribution in [2.75, 3.05) is 5.73 Å². The Morgan fingerprint density at radius 2 is 1.83 bits per heavy atom. The molecular weight excluding hydrogens is 290 g/mol. The van der Waals surface area contributed by atoms with Crippen LogP contribution in [0.25, 0.3) is 0 Å². The van der Waals surface area contributed by atoms with E-state index in [0.29, 0.717) is 6.61 Å². The maximum Gasteiger partial charge on any atom is 0.0801 e. The van der Waals surface area contributed by atoms with Crippen LogP contribution >= 0.6 is 15.9 Å². The summed E-state index contributed by atoms with van der Waals surface area (Å²) in [7, 11) is 0. The van der Waals surface area contributed by atoms with Crippen molar-refractivity contribution in [3.63, 3.8) is 0 Å². The fourth-order valence-corrected chi connectivity index (χ4v) is 2.12. The predicted octanol–water partition coefficient (Wildman–Crippen LogP) is 4.31. The molecule has 0 amide bonds. The van der Waals surface area contributed by atoms with Gasteiger partial charge in [0.2, 0.25) is 0 Å². The molecule has 0 heterocycles. The van der Waals surface area contributed by atoms with Crippen molar-refractivity contribution in [2.24, 2.45) is 0 Å². The van der Waals surface area contributed by atoms with Crippen LogP contribution in [-0.4, -0.2) is 0 Å². The Balaban J connectivity index is 2.02. The van der Waals surface area contributed by atoms with Gasteiger partial charge in [0.05, 0.1) is 12.7 Å². The van der Waals surface area contributed by atoms with Crippen molar-refractivity contribution >= 4 is 21.6 Å². The molecule has 2 rings (SSSR count). The third-order valence-electron chi connectivity index (χ3n) is 2.87. The van der Waals surface area contributed by atoms with Gasteiger partial charge in [-0.05, 0) is 40.0 Å². The third-order valence-corrected chi connectivity index (χ3v) is 3.83. The van der Waals surface area contributed by atoms with Gasteiger partial charge in [-0.15, -0.1) is 0 Å². The zero-order chi connectivity index (χ0) is 13.0. The van der Waals surface area contributed by atoms with Gasteiger partial charge in [0, 0.05) is 10.2 Å². The number of nitrogen functional groups attached to an aromatic ring is 1. The highest BCUT2D eigenvalue weighted by atomic mass is 79.9. The van der Waals surface area contributed by atoms with E-state index in [0.717, 1.165) is 15.7 Å². The molecule has 0 saturated heterocycles. The summed E-state index contributed by atoms with van der Waals surface area (Å²) in [6.45, 7) is 2.59. The highest BCUT2D eigenvalue weighted by Gasteiger charge is 2.08. The van der Waals surface area contributed by atoms with Crippen molar-refractivity contribution in [3.8, 4) is 0 Å². The van der Waals surface area contributed by atoms with Gasteiger partial charge in [-0.2, -0.15) is 0 Å². The Hall–Kier alpha value is -1.32. The van der Waals surface area contributed by atoms with Crippen LogP contribution in [0.2, 0.25) is 0 Å². The van der Waals surface area contributed by atoms with Gasteiger partial charge in [-0.25, -0.2) is 0 Å². The normalized spacial score (nSPS) is 12.3. The highest BCUT2D eigenvalue weighted by molar-refractivity contribution is 9.10. The Bertz CT molecular complexity index is 513. The maximum absolute atomic E-state index is 5.86. The fourth-order valence-electron chi connectivity index (χ4n) is 1.75. The molecule has 0 aliphatic heterocycles. The second-order valence-electron chi connectivity index (χ2n) is 4.18. The summed E-state index contributed by atoms with van der Waals surface area (Å²) < 4.78 is 6.79. The van der Waals surface area contributed by atoms with Crippen molar-refractivity contribution in [1.29, 1.82) is 0 Å². The standard InChI is InChI=1S/C15H16BrNO/c1-11(12-6-3-2-4-7-12)18-10-13-8-5-9-14(17)15(13)16/h2-9,11H,10,17H2,1H3. The lowest BCUT2D eigenvalue weighted by Gasteiger charge is -2.14. The molecule has 0 aliphatic rings. The average molecular weight is 306 g/mol. The van der Waals surface area contributed by atoms with Crippen LogP contribution < -0.4 is 5.73 Å². The molecule has 0 spiro atoms. The molecule has 94 valence electrons. The van der Waals surface area contributed by atoms with Crippen molar-refractivity contribution < 1.29 is 4.74 Å². The lowest BCUT2D eigenvalue weighted by molar-refractivity contribution is 0.0522. The lowest BCUT2D eigenvalue weighted by Crippen LogP contribution is -2.01. The maximum atomic E-state index is 5.86. The molecule has 0 saturated carbocycles. The summed E-state index contributed by atoms with van der Waals surface area (Å²) >= 11 is 3.48. The van der Waals surface area contributed by atoms with Gasteiger partial charge in [-0.1, -0.05) is 42.5 Å². The highest BCUT2D eigenvalue weighted by Crippen LogP contribution is 2.26. The van der Waals surface area contributed by atoms with Crippen LogP contribution in [0.5, 0.6) is 0 Å². The molecular formula is C15H16BrNO. The summed E-state index contributed by atoms with van der Waals surface area (Å²) in [5, 5.41) is 0. The summed E-state index contributed by atoms with van der Waals surface area (Å²) in [6.07, 6.45) is 0.0690. The van der Waals surface area contributed by atoms with Crippen LogP contribution in [0.4, 0.5) is 5.69 Å². The average Bonchev–Trinajstić information content (AvgIpc) is 2.41. The van der Waals surface area contributed by atoms with Gasteiger partial charge < -0.3 is 10.5 Å². The predicted molar refractivity (Wildman–Crippen MR) is 78.2 cm³/mol. The first-order valence-corrected chi connectivity index (χ1v) is 6.67. The lowest BCUT2D eigenvalue weighted by atomic mass is 10.1. The summed E-state index contributed by atoms with van der Waals surface area (Å²) in [6, 6.07) is 16.0. The van der Waals surface area contributed by atoms with E-state index in [2.05, 4.69) is 35.0 Å². The second kappa shape index (κ2) is 6.03. The molecule has 0 bridgehead atoms. The molecule has 1 atom stereocenters. The SMILES string of the molecule is CC(OCc1cccc(N)c1Br)c1ccccc1. The van der Waals surface area contributed by atoms with E-state index < -0.39 is 0 Å². The second-order valence-corrected chi connectivity index (χ2v) is 4.98. The fraction of sp³-hybridized carbons (Fsp3) is 0.200. The van der Waals surface area contributed by atoms with Gasteiger partial charge in [-0.3, -0.25) is 0 Å². The minimum Gasteiger partial charge on any atom is -0.398 e. The molecule has 0 radical (unpaired) electrons. The van der Waals surface area contributed by atoms with Crippen molar-refractivity contribution in [1.82, 2.24) is 0 Å². The summed E-state index contributed by atoms with van der Waals surface area (Å²) in [5.41, 5.74) is 8.82. The molecule has 2 aromatic rings. The van der Waals surface area contributed by atoms with Crippen LogP contribution in [0, 0.1) is 0 Å². The molecule has 2 nitrogen and oxygen atoms in total. The Kier molecular flexibility index (Phi) is 4.39.